The number of nitrogens with zero attached hydrogens (tertiary/aromatic N) is 4. The second-order valence-electron chi connectivity index (χ2n) is 24.4. The molecular formula is C85H58N4. The van der Waals surface area contributed by atoms with E-state index in [1.165, 1.54) is 132 Å². The van der Waals surface area contributed by atoms with Gasteiger partial charge in [0.2, 0.25) is 0 Å². The maximum absolute atomic E-state index is 2.49. The lowest BCUT2D eigenvalue weighted by molar-refractivity contribution is 0.660. The molecule has 0 unspecified atom stereocenters. The van der Waals surface area contributed by atoms with Crippen LogP contribution < -0.4 is 4.90 Å². The highest BCUT2D eigenvalue weighted by Gasteiger charge is 2.37. The van der Waals surface area contributed by atoms with Gasteiger partial charge in [-0.15, -0.1) is 0 Å². The van der Waals surface area contributed by atoms with Crippen LogP contribution in [0.15, 0.2) is 315 Å². The van der Waals surface area contributed by atoms with Gasteiger partial charge in [-0.3, -0.25) is 0 Å². The van der Waals surface area contributed by atoms with Crippen molar-refractivity contribution in [2.24, 2.45) is 0 Å². The number of aromatic nitrogens is 3. The van der Waals surface area contributed by atoms with Crippen LogP contribution in [0.25, 0.3) is 138 Å². The quantitative estimate of drug-likeness (QED) is 0.141. The van der Waals surface area contributed by atoms with Gasteiger partial charge >= 0.3 is 0 Å². The zero-order valence-corrected chi connectivity index (χ0v) is 49.3. The zero-order valence-electron chi connectivity index (χ0n) is 49.3. The van der Waals surface area contributed by atoms with E-state index in [2.05, 4.69) is 348 Å². The molecule has 0 aliphatic heterocycles. The second-order valence-corrected chi connectivity index (χ2v) is 24.4. The molecule has 0 radical (unpaired) electrons. The van der Waals surface area contributed by atoms with E-state index in [1.807, 2.05) is 0 Å². The molecule has 18 rings (SSSR count). The molecule has 0 saturated carbocycles. The van der Waals surface area contributed by atoms with Crippen molar-refractivity contribution in [2.45, 2.75) is 19.3 Å². The van der Waals surface area contributed by atoms with Crippen LogP contribution in [-0.4, -0.2) is 13.7 Å². The molecule has 0 N–H and O–H groups in total. The van der Waals surface area contributed by atoms with Crippen molar-refractivity contribution in [1.82, 2.24) is 13.7 Å². The third kappa shape index (κ3) is 7.86. The Labute approximate surface area is 516 Å². The lowest BCUT2D eigenvalue weighted by Crippen LogP contribution is -2.17. The van der Waals surface area contributed by atoms with Crippen molar-refractivity contribution >= 4 is 93.3 Å². The molecule has 0 amide bonds. The zero-order chi connectivity index (χ0) is 58.9. The van der Waals surface area contributed by atoms with E-state index in [9.17, 15) is 0 Å². The molecule has 1 aliphatic rings. The minimum atomic E-state index is -0.292. The van der Waals surface area contributed by atoms with Crippen LogP contribution >= 0.6 is 0 Å². The molecule has 4 nitrogen and oxygen atoms in total. The predicted molar refractivity (Wildman–Crippen MR) is 376 cm³/mol. The Hall–Kier alpha value is -11.5. The topological polar surface area (TPSA) is 18.0 Å². The van der Waals surface area contributed by atoms with Crippen molar-refractivity contribution in [1.29, 1.82) is 0 Å². The highest BCUT2D eigenvalue weighted by atomic mass is 15.1. The number of hydrogen-bond donors (Lipinski definition) is 0. The molecule has 1 aliphatic carbocycles. The van der Waals surface area contributed by atoms with Crippen LogP contribution in [0.4, 0.5) is 17.1 Å². The molecule has 3 aromatic heterocycles. The van der Waals surface area contributed by atoms with E-state index in [-0.39, 0.29) is 5.41 Å². The average Bonchev–Trinajstić information content (AvgIpc) is 2.22. The van der Waals surface area contributed by atoms with Gasteiger partial charge in [0.05, 0.1) is 38.8 Å². The van der Waals surface area contributed by atoms with Crippen molar-refractivity contribution in [3.63, 3.8) is 0 Å². The number of benzene rings is 14. The van der Waals surface area contributed by atoms with Gasteiger partial charge in [-0.2, -0.15) is 0 Å². The molecule has 0 spiro atoms. The third-order valence-electron chi connectivity index (χ3n) is 19.2. The summed E-state index contributed by atoms with van der Waals surface area (Å²) in [4.78, 5) is 2.49. The van der Waals surface area contributed by atoms with Crippen LogP contribution in [0.2, 0.25) is 0 Å². The van der Waals surface area contributed by atoms with E-state index in [4.69, 9.17) is 0 Å². The van der Waals surface area contributed by atoms with Crippen molar-refractivity contribution in [3.05, 3.63) is 327 Å². The van der Waals surface area contributed by atoms with Crippen LogP contribution in [0.1, 0.15) is 25.0 Å². The van der Waals surface area contributed by atoms with E-state index in [0.717, 1.165) is 34.0 Å². The molecule has 89 heavy (non-hydrogen) atoms. The Morgan fingerprint density at radius 2 is 0.596 bits per heavy atom. The Balaban J connectivity index is 0.750. The van der Waals surface area contributed by atoms with Crippen molar-refractivity contribution < 1.29 is 0 Å². The number of rotatable bonds is 9. The molecular weight excluding hydrogens is 1080 g/mol. The monoisotopic (exact) mass is 1130 g/mol. The Bertz CT molecular complexity index is 5630. The fourth-order valence-corrected chi connectivity index (χ4v) is 15.0. The average molecular weight is 1140 g/mol. The molecule has 418 valence electrons. The smallest absolute Gasteiger partial charge is 0.0541 e. The Morgan fingerprint density at radius 3 is 1.15 bits per heavy atom. The lowest BCUT2D eigenvalue weighted by atomic mass is 9.81. The summed E-state index contributed by atoms with van der Waals surface area (Å²) in [7, 11) is 0. The highest BCUT2D eigenvalue weighted by Crippen LogP contribution is 2.53. The van der Waals surface area contributed by atoms with Gasteiger partial charge in [-0.1, -0.05) is 208 Å². The first-order valence-corrected chi connectivity index (χ1v) is 30.9. The maximum Gasteiger partial charge on any atom is 0.0541 e. The van der Waals surface area contributed by atoms with Gasteiger partial charge in [0.15, 0.2) is 0 Å². The number of anilines is 3. The van der Waals surface area contributed by atoms with Gasteiger partial charge < -0.3 is 18.6 Å². The summed E-state index contributed by atoms with van der Waals surface area (Å²) in [6, 6.07) is 117. The van der Waals surface area contributed by atoms with Crippen LogP contribution in [0.3, 0.4) is 0 Å². The largest absolute Gasteiger partial charge is 0.310 e. The molecule has 0 atom stereocenters. The van der Waals surface area contributed by atoms with Crippen LogP contribution in [0, 0.1) is 0 Å². The standard InChI is InChI=1S/C85H58N4/c1-85(2)76-53-58(57-38-48-83-74(51-57)72-27-13-17-31-80(72)87(83)60-19-5-3-6-20-60)37-45-67(76)68-46-44-64(54-77(68)85)86(62-40-33-55(34-41-62)56-35-42-63(43-36-56)89-78-29-15-11-25-70(78)71-26-12-16-30-79(71)89)82-50-47-65(66-23-9-10-24-69(66)82)59-39-49-84-75(52-59)73-28-14-18-32-81(73)88(84)61-21-7-4-8-22-61/h3-54H,1-2H3. The van der Waals surface area contributed by atoms with Crippen molar-refractivity contribution in [3.8, 4) is 61.6 Å². The first-order valence-electron chi connectivity index (χ1n) is 30.9. The minimum absolute atomic E-state index is 0.292. The summed E-state index contributed by atoms with van der Waals surface area (Å²) in [5, 5.41) is 9.89. The fraction of sp³-hybridized carbons (Fsp3) is 0.0353. The fourth-order valence-electron chi connectivity index (χ4n) is 15.0. The summed E-state index contributed by atoms with van der Waals surface area (Å²) in [5.41, 5.74) is 26.1. The van der Waals surface area contributed by atoms with Gasteiger partial charge in [0, 0.05) is 71.6 Å². The minimum Gasteiger partial charge on any atom is -0.310 e. The molecule has 4 heteroatoms. The lowest BCUT2D eigenvalue weighted by Gasteiger charge is -2.29. The summed E-state index contributed by atoms with van der Waals surface area (Å²) >= 11 is 0. The van der Waals surface area contributed by atoms with Crippen molar-refractivity contribution in [2.75, 3.05) is 4.90 Å². The summed E-state index contributed by atoms with van der Waals surface area (Å²) in [6.07, 6.45) is 0. The number of para-hydroxylation sites is 6. The predicted octanol–water partition coefficient (Wildman–Crippen LogP) is 22.9. The second kappa shape index (κ2) is 19.8. The third-order valence-corrected chi connectivity index (χ3v) is 19.2. The number of hydrogen-bond acceptors (Lipinski definition) is 1. The van der Waals surface area contributed by atoms with E-state index >= 15 is 0 Å². The molecule has 0 saturated heterocycles. The molecule has 17 aromatic rings. The molecule has 14 aromatic carbocycles. The summed E-state index contributed by atoms with van der Waals surface area (Å²) < 4.78 is 7.17. The Morgan fingerprint density at radius 1 is 0.236 bits per heavy atom. The number of fused-ring (bicyclic) bond motifs is 13. The van der Waals surface area contributed by atoms with E-state index in [0.29, 0.717) is 0 Å². The SMILES string of the molecule is CC1(C)c2cc(-c3ccc4c(c3)c3ccccc3n4-c3ccccc3)ccc2-c2ccc(N(c3ccc(-c4ccc(-n5c6ccccc6c6ccccc65)cc4)cc3)c3ccc(-c4ccc5c(c4)c4ccccc4n5-c4ccccc4)c4ccccc34)cc21. The summed E-state index contributed by atoms with van der Waals surface area (Å²) in [6.45, 7) is 4.82. The van der Waals surface area contributed by atoms with Gasteiger partial charge in [-0.05, 0) is 182 Å². The van der Waals surface area contributed by atoms with Crippen LogP contribution in [-0.2, 0) is 5.41 Å². The summed E-state index contributed by atoms with van der Waals surface area (Å²) in [5.74, 6) is 0. The molecule has 0 bridgehead atoms. The van der Waals surface area contributed by atoms with Gasteiger partial charge in [0.25, 0.3) is 0 Å². The van der Waals surface area contributed by atoms with Crippen LogP contribution in [0.5, 0.6) is 0 Å². The molecule has 0 fully saturated rings. The highest BCUT2D eigenvalue weighted by molar-refractivity contribution is 6.14. The maximum atomic E-state index is 2.49. The van der Waals surface area contributed by atoms with E-state index in [1.54, 1.807) is 0 Å². The first kappa shape index (κ1) is 50.8. The van der Waals surface area contributed by atoms with Gasteiger partial charge in [0.1, 0.15) is 0 Å². The first-order chi connectivity index (χ1) is 43.9. The normalized spacial score (nSPS) is 12.7. The van der Waals surface area contributed by atoms with Gasteiger partial charge in [-0.25, -0.2) is 0 Å². The van der Waals surface area contributed by atoms with E-state index < -0.39 is 0 Å². The molecule has 3 heterocycles. The Kier molecular flexibility index (Phi) is 11.3.